The quantitative estimate of drug-likeness (QED) is 0.645. The molecule has 0 bridgehead atoms. The first-order valence-electron chi connectivity index (χ1n) is 8.80. The van der Waals surface area contributed by atoms with Crippen molar-refractivity contribution in [1.29, 1.82) is 0 Å². The molecular weight excluding hydrogens is 356 g/mol. The first kappa shape index (κ1) is 22.1. The zero-order valence-electron chi connectivity index (χ0n) is 15.8. The lowest BCUT2D eigenvalue weighted by molar-refractivity contribution is -0.138. The van der Waals surface area contributed by atoms with E-state index >= 15 is 0 Å². The molecule has 0 radical (unpaired) electrons. The summed E-state index contributed by atoms with van der Waals surface area (Å²) in [6, 6.07) is 5.70. The number of aliphatic carboxylic acids is 1. The summed E-state index contributed by atoms with van der Waals surface area (Å²) in [6.45, 7) is 7.91. The number of amides is 1. The smallest absolute Gasteiger partial charge is 0.305 e. The van der Waals surface area contributed by atoms with E-state index in [2.05, 4.69) is 5.32 Å². The van der Waals surface area contributed by atoms with Crippen LogP contribution >= 0.6 is 0 Å². The van der Waals surface area contributed by atoms with E-state index < -0.39 is 27.4 Å². The van der Waals surface area contributed by atoms with Gasteiger partial charge < -0.3 is 10.4 Å². The maximum absolute atomic E-state index is 12.5. The summed E-state index contributed by atoms with van der Waals surface area (Å²) in [5, 5.41) is 11.9. The lowest BCUT2D eigenvalue weighted by atomic mass is 9.88. The number of rotatable bonds is 10. The minimum absolute atomic E-state index is 0.125. The van der Waals surface area contributed by atoms with Crippen molar-refractivity contribution in [3.05, 3.63) is 29.8 Å². The predicted molar refractivity (Wildman–Crippen MR) is 99.6 cm³/mol. The highest BCUT2D eigenvalue weighted by Crippen LogP contribution is 2.21. The Hall–Kier alpha value is -1.93. The van der Waals surface area contributed by atoms with E-state index in [4.69, 9.17) is 5.11 Å². The minimum atomic E-state index is -3.58. The molecule has 7 nitrogen and oxygen atoms in total. The van der Waals surface area contributed by atoms with Gasteiger partial charge >= 0.3 is 5.97 Å². The fourth-order valence-corrected chi connectivity index (χ4v) is 4.27. The lowest BCUT2D eigenvalue weighted by Crippen LogP contribution is -2.49. The van der Waals surface area contributed by atoms with Crippen molar-refractivity contribution in [3.8, 4) is 0 Å². The van der Waals surface area contributed by atoms with E-state index in [1.165, 1.54) is 28.6 Å². The molecule has 0 spiro atoms. The molecule has 0 saturated carbocycles. The normalized spacial score (nSPS) is 12.2. The molecule has 26 heavy (non-hydrogen) atoms. The van der Waals surface area contributed by atoms with E-state index in [0.717, 1.165) is 0 Å². The molecule has 1 rings (SSSR count). The number of sulfonamides is 1. The monoisotopic (exact) mass is 384 g/mol. The number of carbonyl (C=O) groups excluding carboxylic acids is 1. The van der Waals surface area contributed by atoms with E-state index in [0.29, 0.717) is 31.5 Å². The van der Waals surface area contributed by atoms with Gasteiger partial charge in [-0.25, -0.2) is 8.42 Å². The van der Waals surface area contributed by atoms with E-state index in [9.17, 15) is 18.0 Å². The zero-order chi connectivity index (χ0) is 20.0. The van der Waals surface area contributed by atoms with Crippen LogP contribution < -0.4 is 5.32 Å². The van der Waals surface area contributed by atoms with Gasteiger partial charge in [-0.3, -0.25) is 9.59 Å². The second kappa shape index (κ2) is 9.14. The van der Waals surface area contributed by atoms with Crippen LogP contribution in [-0.2, 0) is 14.8 Å². The summed E-state index contributed by atoms with van der Waals surface area (Å²) in [5.41, 5.74) is -0.533. The summed E-state index contributed by atoms with van der Waals surface area (Å²) in [5.74, 6) is -1.39. The Balaban J connectivity index is 3.04. The third kappa shape index (κ3) is 5.04. The van der Waals surface area contributed by atoms with Crippen molar-refractivity contribution in [2.45, 2.75) is 57.4 Å². The third-order valence-electron chi connectivity index (χ3n) is 4.68. The van der Waals surface area contributed by atoms with Crippen LogP contribution in [0.1, 0.15) is 57.3 Å². The second-order valence-electron chi connectivity index (χ2n) is 6.13. The van der Waals surface area contributed by atoms with Crippen molar-refractivity contribution in [3.63, 3.8) is 0 Å². The molecule has 0 aliphatic rings. The van der Waals surface area contributed by atoms with Gasteiger partial charge in [0.25, 0.3) is 5.91 Å². The molecule has 0 unspecified atom stereocenters. The third-order valence-corrected chi connectivity index (χ3v) is 6.75. The summed E-state index contributed by atoms with van der Waals surface area (Å²) < 4.78 is 26.3. The molecule has 0 saturated heterocycles. The Morgan fingerprint density at radius 2 is 1.54 bits per heavy atom. The molecule has 8 heteroatoms. The molecule has 0 fully saturated rings. The first-order valence-corrected chi connectivity index (χ1v) is 10.2. The summed E-state index contributed by atoms with van der Waals surface area (Å²) in [6.07, 6.45) is 0.798. The number of hydrogen-bond donors (Lipinski definition) is 2. The van der Waals surface area contributed by atoms with Crippen molar-refractivity contribution in [2.24, 2.45) is 0 Å². The Labute approximate surface area is 155 Å². The molecule has 2 N–H and O–H groups in total. The van der Waals surface area contributed by atoms with Gasteiger partial charge in [0, 0.05) is 18.7 Å². The van der Waals surface area contributed by atoms with Crippen molar-refractivity contribution in [1.82, 2.24) is 9.62 Å². The van der Waals surface area contributed by atoms with Crippen LogP contribution in [0.5, 0.6) is 0 Å². The number of benzene rings is 1. The van der Waals surface area contributed by atoms with E-state index in [1.54, 1.807) is 13.8 Å². The predicted octanol–water partition coefficient (Wildman–Crippen LogP) is 2.48. The van der Waals surface area contributed by atoms with Crippen LogP contribution in [0.3, 0.4) is 0 Å². The van der Waals surface area contributed by atoms with Gasteiger partial charge in [-0.2, -0.15) is 4.31 Å². The molecule has 1 amide bonds. The largest absolute Gasteiger partial charge is 0.481 e. The van der Waals surface area contributed by atoms with Crippen LogP contribution in [0, 0.1) is 0 Å². The van der Waals surface area contributed by atoms with Gasteiger partial charge in [0.15, 0.2) is 0 Å². The van der Waals surface area contributed by atoms with Crippen molar-refractivity contribution < 1.29 is 23.1 Å². The average Bonchev–Trinajstić information content (AvgIpc) is 2.61. The molecule has 146 valence electrons. The van der Waals surface area contributed by atoms with Crippen molar-refractivity contribution in [2.75, 3.05) is 13.1 Å². The fourth-order valence-electron chi connectivity index (χ4n) is 2.81. The molecule has 0 aliphatic heterocycles. The van der Waals surface area contributed by atoms with Gasteiger partial charge in [-0.1, -0.05) is 27.7 Å². The number of carbonyl (C=O) groups is 2. The molecular formula is C18H28N2O5S. The van der Waals surface area contributed by atoms with Gasteiger partial charge in [0.05, 0.1) is 16.9 Å². The van der Waals surface area contributed by atoms with Crippen LogP contribution in [0.15, 0.2) is 29.2 Å². The SMILES string of the molecule is CCN(CC)S(=O)(=O)c1ccc(C(=O)NC(CC)(CC)CC(=O)O)cc1. The number of carboxylic acids is 1. The average molecular weight is 384 g/mol. The molecule has 0 aliphatic carbocycles. The molecule has 1 aromatic rings. The number of carboxylic acid groups (broad SMARTS) is 1. The molecule has 1 aromatic carbocycles. The van der Waals surface area contributed by atoms with Crippen LogP contribution in [0.4, 0.5) is 0 Å². The summed E-state index contributed by atoms with van der Waals surface area (Å²) in [4.78, 5) is 23.7. The second-order valence-corrected chi connectivity index (χ2v) is 8.06. The fraction of sp³-hybridized carbons (Fsp3) is 0.556. The summed E-state index contributed by atoms with van der Waals surface area (Å²) in [7, 11) is -3.58. The van der Waals surface area contributed by atoms with Crippen LogP contribution in [0.2, 0.25) is 0 Å². The first-order chi connectivity index (χ1) is 12.2. The Bertz CT molecular complexity index is 720. The Morgan fingerprint density at radius 1 is 1.04 bits per heavy atom. The highest BCUT2D eigenvalue weighted by Gasteiger charge is 2.31. The highest BCUT2D eigenvalue weighted by atomic mass is 32.2. The topological polar surface area (TPSA) is 104 Å². The van der Waals surface area contributed by atoms with Gasteiger partial charge in [0.2, 0.25) is 10.0 Å². The zero-order valence-corrected chi connectivity index (χ0v) is 16.6. The summed E-state index contributed by atoms with van der Waals surface area (Å²) >= 11 is 0. The minimum Gasteiger partial charge on any atom is -0.481 e. The van der Waals surface area contributed by atoms with Gasteiger partial charge in [0.1, 0.15) is 0 Å². The number of nitrogens with one attached hydrogen (secondary N) is 1. The molecule has 0 heterocycles. The maximum atomic E-state index is 12.5. The van der Waals surface area contributed by atoms with Gasteiger partial charge in [-0.05, 0) is 37.1 Å². The standard InChI is InChI=1S/C18H28N2O5S/c1-5-18(6-2,13-16(21)22)19-17(23)14-9-11-15(12-10-14)26(24,25)20(7-3)8-4/h9-12H,5-8,13H2,1-4H3,(H,19,23)(H,21,22). The highest BCUT2D eigenvalue weighted by molar-refractivity contribution is 7.89. The molecule has 0 aromatic heterocycles. The molecule has 0 atom stereocenters. The number of nitrogens with zero attached hydrogens (tertiary/aromatic N) is 1. The van der Waals surface area contributed by atoms with E-state index in [1.807, 2.05) is 13.8 Å². The number of hydrogen-bond acceptors (Lipinski definition) is 4. The Kier molecular flexibility index (Phi) is 7.77. The Morgan fingerprint density at radius 3 is 1.92 bits per heavy atom. The van der Waals surface area contributed by atoms with Gasteiger partial charge in [-0.15, -0.1) is 0 Å². The lowest BCUT2D eigenvalue weighted by Gasteiger charge is -2.31. The van der Waals surface area contributed by atoms with Crippen LogP contribution in [-0.4, -0.2) is 48.3 Å². The van der Waals surface area contributed by atoms with E-state index in [-0.39, 0.29) is 11.3 Å². The van der Waals surface area contributed by atoms with Crippen molar-refractivity contribution >= 4 is 21.9 Å². The maximum Gasteiger partial charge on any atom is 0.305 e. The van der Waals surface area contributed by atoms with Crippen LogP contribution in [0.25, 0.3) is 0 Å².